The van der Waals surface area contributed by atoms with Crippen molar-refractivity contribution in [3.63, 3.8) is 0 Å². The summed E-state index contributed by atoms with van der Waals surface area (Å²) < 4.78 is 0. The molecule has 0 saturated carbocycles. The monoisotopic (exact) mass is 314 g/mol. The molecule has 22 heavy (non-hydrogen) atoms. The number of rotatable bonds is 5. The quantitative estimate of drug-likeness (QED) is 0.827. The predicted molar refractivity (Wildman–Crippen MR) is 90.7 cm³/mol. The third-order valence-electron chi connectivity index (χ3n) is 4.02. The van der Waals surface area contributed by atoms with Crippen molar-refractivity contribution in [3.05, 3.63) is 64.2 Å². The van der Waals surface area contributed by atoms with Gasteiger partial charge in [0.1, 0.15) is 0 Å². The van der Waals surface area contributed by atoms with Gasteiger partial charge in [-0.05, 0) is 54.8 Å². The molecule has 0 bridgehead atoms. The fourth-order valence-electron chi connectivity index (χ4n) is 2.67. The minimum absolute atomic E-state index is 0.128. The number of halogens is 1. The molecule has 0 spiro atoms. The molecule has 3 rings (SSSR count). The molecule has 0 fully saturated rings. The Morgan fingerprint density at radius 3 is 2.82 bits per heavy atom. The van der Waals surface area contributed by atoms with E-state index in [0.717, 1.165) is 34.8 Å². The van der Waals surface area contributed by atoms with Crippen LogP contribution >= 0.6 is 11.6 Å². The summed E-state index contributed by atoms with van der Waals surface area (Å²) in [5, 5.41) is 7.31. The molecule has 1 heterocycles. The molecular formula is C18H19ClN2O. The number of Topliss-reactive ketones (excluding diaryl/α,β-unsaturated/α-hetero) is 1. The van der Waals surface area contributed by atoms with Gasteiger partial charge in [0.25, 0.3) is 0 Å². The lowest BCUT2D eigenvalue weighted by Crippen LogP contribution is -2.33. The Morgan fingerprint density at radius 1 is 1.27 bits per heavy atom. The minimum Gasteiger partial charge on any atom is -0.384 e. The van der Waals surface area contributed by atoms with Crippen LogP contribution in [0.3, 0.4) is 0 Å². The fraction of sp³-hybridized carbons (Fsp3) is 0.278. The van der Waals surface area contributed by atoms with Crippen LogP contribution in [0.2, 0.25) is 5.02 Å². The van der Waals surface area contributed by atoms with E-state index in [9.17, 15) is 4.79 Å². The largest absolute Gasteiger partial charge is 0.384 e. The maximum absolute atomic E-state index is 12.5. The molecule has 2 aromatic rings. The molecule has 0 amide bonds. The first-order valence-electron chi connectivity index (χ1n) is 7.52. The number of hydrogen-bond acceptors (Lipinski definition) is 3. The van der Waals surface area contributed by atoms with Crippen LogP contribution in [0.1, 0.15) is 28.4 Å². The smallest absolute Gasteiger partial charge is 0.179 e. The van der Waals surface area contributed by atoms with E-state index in [2.05, 4.69) is 10.6 Å². The van der Waals surface area contributed by atoms with E-state index in [0.29, 0.717) is 6.54 Å². The van der Waals surface area contributed by atoms with E-state index < -0.39 is 0 Å². The van der Waals surface area contributed by atoms with Crippen molar-refractivity contribution in [1.82, 2.24) is 5.32 Å². The Morgan fingerprint density at radius 2 is 2.05 bits per heavy atom. The molecular weight excluding hydrogens is 296 g/mol. The number of fused-ring (bicyclic) bond motifs is 1. The van der Waals surface area contributed by atoms with Crippen LogP contribution in [0.5, 0.6) is 0 Å². The highest BCUT2D eigenvalue weighted by atomic mass is 35.5. The summed E-state index contributed by atoms with van der Waals surface area (Å²) in [6, 6.07) is 13.3. The average Bonchev–Trinajstić information content (AvgIpc) is 3.00. The lowest BCUT2D eigenvalue weighted by molar-refractivity contribution is 0.0950. The van der Waals surface area contributed by atoms with Gasteiger partial charge in [-0.3, -0.25) is 4.79 Å². The molecule has 1 unspecified atom stereocenters. The molecule has 1 aliphatic rings. The summed E-state index contributed by atoms with van der Waals surface area (Å²) >= 11 is 5.87. The molecule has 114 valence electrons. The van der Waals surface area contributed by atoms with Crippen molar-refractivity contribution >= 4 is 23.1 Å². The first-order valence-corrected chi connectivity index (χ1v) is 7.90. The van der Waals surface area contributed by atoms with E-state index in [1.54, 1.807) is 0 Å². The van der Waals surface area contributed by atoms with E-state index >= 15 is 0 Å². The predicted octanol–water partition coefficient (Wildman–Crippen LogP) is 3.67. The number of hydrogen-bond donors (Lipinski definition) is 2. The topological polar surface area (TPSA) is 41.1 Å². The molecule has 3 nitrogen and oxygen atoms in total. The SMILES string of the molecule is CC(NCc1ccc(Cl)cc1)C(=O)c1ccc2c(c1)CCN2. The molecule has 2 aromatic carbocycles. The Kier molecular flexibility index (Phi) is 4.46. The van der Waals surface area contributed by atoms with Crippen LogP contribution in [0.4, 0.5) is 5.69 Å². The molecule has 4 heteroatoms. The van der Waals surface area contributed by atoms with Crippen molar-refractivity contribution in [2.75, 3.05) is 11.9 Å². The standard InChI is InChI=1S/C18H19ClN2O/c1-12(21-11-13-2-5-16(19)6-3-13)18(22)15-4-7-17-14(10-15)8-9-20-17/h2-7,10,12,20-21H,8-9,11H2,1H3. The highest BCUT2D eigenvalue weighted by Gasteiger charge is 2.17. The number of benzene rings is 2. The zero-order chi connectivity index (χ0) is 15.5. The van der Waals surface area contributed by atoms with Gasteiger partial charge in [-0.2, -0.15) is 0 Å². The number of carbonyl (C=O) groups excluding carboxylic acids is 1. The van der Waals surface area contributed by atoms with Gasteiger partial charge in [-0.25, -0.2) is 0 Å². The third kappa shape index (κ3) is 3.32. The number of anilines is 1. The summed E-state index contributed by atoms with van der Waals surface area (Å²) in [6.07, 6.45) is 0.989. The van der Waals surface area contributed by atoms with Crippen LogP contribution in [0.15, 0.2) is 42.5 Å². The van der Waals surface area contributed by atoms with Crippen molar-refractivity contribution in [3.8, 4) is 0 Å². The Bertz CT molecular complexity index is 682. The zero-order valence-corrected chi connectivity index (χ0v) is 13.3. The first kappa shape index (κ1) is 15.1. The molecule has 1 aliphatic heterocycles. The van der Waals surface area contributed by atoms with Crippen LogP contribution in [-0.2, 0) is 13.0 Å². The van der Waals surface area contributed by atoms with E-state index in [1.165, 1.54) is 5.56 Å². The van der Waals surface area contributed by atoms with Crippen LogP contribution in [0, 0.1) is 0 Å². The lowest BCUT2D eigenvalue weighted by Gasteiger charge is -2.14. The maximum atomic E-state index is 12.5. The van der Waals surface area contributed by atoms with Crippen LogP contribution in [-0.4, -0.2) is 18.4 Å². The summed E-state index contributed by atoms with van der Waals surface area (Å²) in [5.41, 5.74) is 4.27. The van der Waals surface area contributed by atoms with Gasteiger partial charge in [0.2, 0.25) is 0 Å². The molecule has 0 radical (unpaired) electrons. The van der Waals surface area contributed by atoms with Crippen molar-refractivity contribution in [1.29, 1.82) is 0 Å². The fourth-order valence-corrected chi connectivity index (χ4v) is 2.80. The molecule has 0 aromatic heterocycles. The maximum Gasteiger partial charge on any atom is 0.179 e. The van der Waals surface area contributed by atoms with Gasteiger partial charge in [0.15, 0.2) is 5.78 Å². The minimum atomic E-state index is -0.219. The van der Waals surface area contributed by atoms with E-state index in [1.807, 2.05) is 49.4 Å². The van der Waals surface area contributed by atoms with Gasteiger partial charge < -0.3 is 10.6 Å². The number of ketones is 1. The van der Waals surface area contributed by atoms with Crippen LogP contribution < -0.4 is 10.6 Å². The Hall–Kier alpha value is -1.84. The second-order valence-electron chi connectivity index (χ2n) is 5.64. The molecule has 0 aliphatic carbocycles. The van der Waals surface area contributed by atoms with Gasteiger partial charge in [-0.15, -0.1) is 0 Å². The summed E-state index contributed by atoms with van der Waals surface area (Å²) in [4.78, 5) is 12.5. The molecule has 2 N–H and O–H groups in total. The average molecular weight is 315 g/mol. The number of nitrogens with one attached hydrogen (secondary N) is 2. The second kappa shape index (κ2) is 6.51. The molecule has 0 saturated heterocycles. The summed E-state index contributed by atoms with van der Waals surface area (Å²) in [6.45, 7) is 3.51. The molecule has 1 atom stereocenters. The third-order valence-corrected chi connectivity index (χ3v) is 4.27. The van der Waals surface area contributed by atoms with Gasteiger partial charge in [-0.1, -0.05) is 23.7 Å². The summed E-state index contributed by atoms with van der Waals surface area (Å²) in [7, 11) is 0. The van der Waals surface area contributed by atoms with Crippen LogP contribution in [0.25, 0.3) is 0 Å². The highest BCUT2D eigenvalue weighted by molar-refractivity contribution is 6.30. The zero-order valence-electron chi connectivity index (χ0n) is 12.5. The summed E-state index contributed by atoms with van der Waals surface area (Å²) in [5.74, 6) is 0.128. The van der Waals surface area contributed by atoms with E-state index in [-0.39, 0.29) is 11.8 Å². The van der Waals surface area contributed by atoms with Crippen molar-refractivity contribution < 1.29 is 4.79 Å². The Balaban J connectivity index is 1.63. The van der Waals surface area contributed by atoms with Gasteiger partial charge >= 0.3 is 0 Å². The number of carbonyl (C=O) groups is 1. The lowest BCUT2D eigenvalue weighted by atomic mass is 10.0. The first-order chi connectivity index (χ1) is 10.6. The van der Waals surface area contributed by atoms with Crippen molar-refractivity contribution in [2.45, 2.75) is 25.9 Å². The normalized spacial score (nSPS) is 14.3. The van der Waals surface area contributed by atoms with Gasteiger partial charge in [0.05, 0.1) is 6.04 Å². The highest BCUT2D eigenvalue weighted by Crippen LogP contribution is 2.23. The second-order valence-corrected chi connectivity index (χ2v) is 6.08. The van der Waals surface area contributed by atoms with E-state index in [4.69, 9.17) is 11.6 Å². The van der Waals surface area contributed by atoms with Gasteiger partial charge in [0, 0.05) is 29.4 Å². The van der Waals surface area contributed by atoms with Crippen molar-refractivity contribution in [2.24, 2.45) is 0 Å². The Labute approximate surface area is 135 Å².